The van der Waals surface area contributed by atoms with Gasteiger partial charge in [-0.15, -0.1) is 0 Å². The van der Waals surface area contributed by atoms with Gasteiger partial charge in [-0.2, -0.15) is 5.10 Å². The SMILES string of the molecule is CCc1nn(C)cc1N1C(=O)NC(=O)C(F)C1=O. The zero-order chi connectivity index (χ0) is 13.4. The molecule has 96 valence electrons. The Morgan fingerprint density at radius 3 is 2.72 bits per heavy atom. The lowest BCUT2D eigenvalue weighted by atomic mass is 10.2. The number of urea groups is 1. The van der Waals surface area contributed by atoms with E-state index >= 15 is 0 Å². The summed E-state index contributed by atoms with van der Waals surface area (Å²) in [6.45, 7) is 1.79. The number of aromatic nitrogens is 2. The minimum atomic E-state index is -2.37. The number of anilines is 1. The van der Waals surface area contributed by atoms with E-state index < -0.39 is 24.0 Å². The van der Waals surface area contributed by atoms with E-state index in [0.29, 0.717) is 17.0 Å². The molecule has 0 radical (unpaired) electrons. The Kier molecular flexibility index (Phi) is 2.85. The first kappa shape index (κ1) is 12.2. The quantitative estimate of drug-likeness (QED) is 0.747. The van der Waals surface area contributed by atoms with E-state index in [9.17, 15) is 18.8 Å². The second-order valence-corrected chi connectivity index (χ2v) is 3.82. The standard InChI is InChI=1S/C10H11FN4O3/c1-3-5-6(4-14(2)13-5)15-9(17)7(11)8(16)12-10(15)18/h4,7H,3H2,1-2H3,(H,12,16,18). The molecule has 2 rings (SSSR count). The summed E-state index contributed by atoms with van der Waals surface area (Å²) in [5.74, 6) is -2.42. The number of barbiturate groups is 1. The molecule has 18 heavy (non-hydrogen) atoms. The highest BCUT2D eigenvalue weighted by atomic mass is 19.1. The molecule has 0 aliphatic carbocycles. The number of alkyl halides is 1. The average molecular weight is 254 g/mol. The highest BCUT2D eigenvalue weighted by Gasteiger charge is 2.42. The lowest BCUT2D eigenvalue weighted by Gasteiger charge is -2.26. The van der Waals surface area contributed by atoms with E-state index in [4.69, 9.17) is 0 Å². The number of aryl methyl sites for hydroxylation is 2. The number of rotatable bonds is 2. The second kappa shape index (κ2) is 4.21. The van der Waals surface area contributed by atoms with Crippen molar-refractivity contribution >= 4 is 23.5 Å². The van der Waals surface area contributed by atoms with Crippen LogP contribution in [0, 0.1) is 0 Å². The monoisotopic (exact) mass is 254 g/mol. The molecule has 1 unspecified atom stereocenters. The molecular formula is C10H11FN4O3. The average Bonchev–Trinajstić information content (AvgIpc) is 2.67. The maximum absolute atomic E-state index is 13.3. The highest BCUT2D eigenvalue weighted by molar-refractivity contribution is 6.29. The van der Waals surface area contributed by atoms with Gasteiger partial charge in [0.1, 0.15) is 0 Å². The van der Waals surface area contributed by atoms with Gasteiger partial charge in [-0.25, -0.2) is 14.1 Å². The van der Waals surface area contributed by atoms with Gasteiger partial charge in [0.15, 0.2) is 0 Å². The summed E-state index contributed by atoms with van der Waals surface area (Å²) in [6.07, 6.45) is -0.468. The molecule has 7 nitrogen and oxygen atoms in total. The highest BCUT2D eigenvalue weighted by Crippen LogP contribution is 2.23. The van der Waals surface area contributed by atoms with Crippen LogP contribution in [0.5, 0.6) is 0 Å². The fraction of sp³-hybridized carbons (Fsp3) is 0.400. The van der Waals surface area contributed by atoms with Crippen LogP contribution < -0.4 is 10.2 Å². The molecule has 8 heteroatoms. The zero-order valence-electron chi connectivity index (χ0n) is 9.81. The number of nitrogens with zero attached hydrogens (tertiary/aromatic N) is 3. The van der Waals surface area contributed by atoms with Crippen LogP contribution >= 0.6 is 0 Å². The van der Waals surface area contributed by atoms with Crippen LogP contribution in [0.25, 0.3) is 0 Å². The molecule has 0 bridgehead atoms. The van der Waals surface area contributed by atoms with Gasteiger partial charge in [0.2, 0.25) is 0 Å². The predicted molar refractivity (Wildman–Crippen MR) is 58.5 cm³/mol. The Morgan fingerprint density at radius 2 is 2.11 bits per heavy atom. The van der Waals surface area contributed by atoms with Gasteiger partial charge in [0.05, 0.1) is 11.4 Å². The van der Waals surface area contributed by atoms with Crippen molar-refractivity contribution in [3.8, 4) is 0 Å². The third-order valence-corrected chi connectivity index (χ3v) is 2.56. The number of halogens is 1. The third-order valence-electron chi connectivity index (χ3n) is 2.56. The van der Waals surface area contributed by atoms with Crippen LogP contribution in [0.1, 0.15) is 12.6 Å². The van der Waals surface area contributed by atoms with Crippen molar-refractivity contribution in [1.29, 1.82) is 0 Å². The van der Waals surface area contributed by atoms with Crippen LogP contribution in [0.4, 0.5) is 14.9 Å². The number of carbonyl (C=O) groups excluding carboxylic acids is 3. The zero-order valence-corrected chi connectivity index (χ0v) is 9.81. The Bertz CT molecular complexity index is 539. The largest absolute Gasteiger partial charge is 0.335 e. The topological polar surface area (TPSA) is 84.3 Å². The number of nitrogens with one attached hydrogen (secondary N) is 1. The first-order valence-corrected chi connectivity index (χ1v) is 5.31. The smallest absolute Gasteiger partial charge is 0.274 e. The molecule has 1 aliphatic heterocycles. The van der Waals surface area contributed by atoms with E-state index in [-0.39, 0.29) is 5.69 Å². The first-order chi connectivity index (χ1) is 8.45. The fourth-order valence-electron chi connectivity index (χ4n) is 1.74. The minimum Gasteiger partial charge on any atom is -0.274 e. The Hall–Kier alpha value is -2.25. The summed E-state index contributed by atoms with van der Waals surface area (Å²) < 4.78 is 14.8. The molecule has 1 N–H and O–H groups in total. The predicted octanol–water partition coefficient (Wildman–Crippen LogP) is -0.0966. The summed E-state index contributed by atoms with van der Waals surface area (Å²) in [4.78, 5) is 34.8. The Balaban J connectivity index is 2.45. The van der Waals surface area contributed by atoms with E-state index in [1.54, 1.807) is 19.3 Å². The molecule has 0 aromatic carbocycles. The summed E-state index contributed by atoms with van der Waals surface area (Å²) in [6, 6.07) is -0.957. The maximum atomic E-state index is 13.3. The van der Waals surface area contributed by atoms with Gasteiger partial charge in [-0.3, -0.25) is 19.6 Å². The fourth-order valence-corrected chi connectivity index (χ4v) is 1.74. The molecule has 0 spiro atoms. The van der Waals surface area contributed by atoms with Gasteiger partial charge < -0.3 is 0 Å². The van der Waals surface area contributed by atoms with Gasteiger partial charge in [0.25, 0.3) is 18.0 Å². The van der Waals surface area contributed by atoms with Gasteiger partial charge in [-0.05, 0) is 6.42 Å². The molecule has 1 saturated heterocycles. The molecule has 1 atom stereocenters. The Morgan fingerprint density at radius 1 is 1.44 bits per heavy atom. The minimum absolute atomic E-state index is 0.192. The number of hydrogen-bond donors (Lipinski definition) is 1. The second-order valence-electron chi connectivity index (χ2n) is 3.82. The van der Waals surface area contributed by atoms with Crippen LogP contribution in [-0.2, 0) is 23.1 Å². The van der Waals surface area contributed by atoms with Crippen molar-refractivity contribution in [2.75, 3.05) is 4.90 Å². The molecule has 1 aromatic heterocycles. The molecule has 0 saturated carbocycles. The summed E-state index contributed by atoms with van der Waals surface area (Å²) in [5, 5.41) is 5.84. The van der Waals surface area contributed by atoms with Crippen LogP contribution in [0.3, 0.4) is 0 Å². The van der Waals surface area contributed by atoms with Crippen LogP contribution in [-0.4, -0.2) is 33.8 Å². The summed E-state index contributed by atoms with van der Waals surface area (Å²) in [5.41, 5.74) is 0.667. The number of hydrogen-bond acceptors (Lipinski definition) is 4. The van der Waals surface area contributed by atoms with Crippen molar-refractivity contribution in [3.63, 3.8) is 0 Å². The molecule has 2 heterocycles. The molecule has 1 aromatic rings. The third kappa shape index (κ3) is 1.75. The van der Waals surface area contributed by atoms with Crippen molar-refractivity contribution in [2.24, 2.45) is 7.05 Å². The lowest BCUT2D eigenvalue weighted by Crippen LogP contribution is -2.59. The first-order valence-electron chi connectivity index (χ1n) is 5.31. The number of carbonyl (C=O) groups is 3. The van der Waals surface area contributed by atoms with Gasteiger partial charge in [0, 0.05) is 13.2 Å². The number of imide groups is 2. The molecule has 4 amide bonds. The lowest BCUT2D eigenvalue weighted by molar-refractivity contribution is -0.135. The normalized spacial score (nSPS) is 20.3. The van der Waals surface area contributed by atoms with Crippen LogP contribution in [0.15, 0.2) is 6.20 Å². The van der Waals surface area contributed by atoms with E-state index in [2.05, 4.69) is 5.10 Å². The maximum Gasteiger partial charge on any atom is 0.335 e. The van der Waals surface area contributed by atoms with E-state index in [1.807, 2.05) is 0 Å². The van der Waals surface area contributed by atoms with Crippen molar-refractivity contribution in [1.82, 2.24) is 15.1 Å². The van der Waals surface area contributed by atoms with E-state index in [1.165, 1.54) is 10.9 Å². The molecular weight excluding hydrogens is 243 g/mol. The summed E-state index contributed by atoms with van der Waals surface area (Å²) >= 11 is 0. The molecule has 1 fully saturated rings. The number of amides is 4. The molecule has 1 aliphatic rings. The van der Waals surface area contributed by atoms with E-state index in [0.717, 1.165) is 0 Å². The van der Waals surface area contributed by atoms with Gasteiger partial charge in [-0.1, -0.05) is 6.92 Å². The van der Waals surface area contributed by atoms with Gasteiger partial charge >= 0.3 is 6.03 Å². The van der Waals surface area contributed by atoms with Crippen molar-refractivity contribution in [3.05, 3.63) is 11.9 Å². The van der Waals surface area contributed by atoms with Crippen molar-refractivity contribution < 1.29 is 18.8 Å². The Labute approximate surface area is 102 Å². The summed E-state index contributed by atoms with van der Waals surface area (Å²) in [7, 11) is 1.62. The van der Waals surface area contributed by atoms with Crippen LogP contribution in [0.2, 0.25) is 0 Å². The van der Waals surface area contributed by atoms with Crippen molar-refractivity contribution in [2.45, 2.75) is 19.5 Å².